The fourth-order valence-corrected chi connectivity index (χ4v) is 2.28. The molecule has 14 heavy (non-hydrogen) atoms. The second kappa shape index (κ2) is 4.63. The number of rotatable bonds is 0. The van der Waals surface area contributed by atoms with Gasteiger partial charge >= 0.3 is 18.9 Å². The molecule has 1 heteroatoms. The van der Waals surface area contributed by atoms with Gasteiger partial charge in [-0.15, -0.1) is 0 Å². The fraction of sp³-hybridized carbons (Fsp3) is 0.923. The molecule has 1 fully saturated rings. The van der Waals surface area contributed by atoms with E-state index in [-0.39, 0.29) is 18.9 Å². The number of hydrogen-bond donors (Lipinski definition) is 0. The van der Waals surface area contributed by atoms with Gasteiger partial charge in [0.2, 0.25) is 0 Å². The quantitative estimate of drug-likeness (QED) is 0.397. The Morgan fingerprint density at radius 1 is 0.786 bits per heavy atom. The van der Waals surface area contributed by atoms with Crippen LogP contribution in [0.5, 0.6) is 0 Å². The summed E-state index contributed by atoms with van der Waals surface area (Å²) in [6.45, 7) is 14.2. The van der Waals surface area contributed by atoms with Crippen molar-refractivity contribution in [1.82, 2.24) is 0 Å². The normalized spacial score (nSPS) is 28.7. The van der Waals surface area contributed by atoms with Crippen LogP contribution >= 0.6 is 0 Å². The molecule has 0 bridgehead atoms. The van der Waals surface area contributed by atoms with Crippen LogP contribution in [0.3, 0.4) is 0 Å². The van der Waals surface area contributed by atoms with Gasteiger partial charge < -0.3 is 6.42 Å². The molecule has 0 amide bonds. The van der Waals surface area contributed by atoms with E-state index in [0.717, 1.165) is 11.8 Å². The Morgan fingerprint density at radius 3 is 1.21 bits per heavy atom. The van der Waals surface area contributed by atoms with Gasteiger partial charge in [-0.2, -0.15) is 11.8 Å². The predicted octanol–water partition coefficient (Wildman–Crippen LogP) is 1.31. The largest absolute Gasteiger partial charge is 1.00 e. The van der Waals surface area contributed by atoms with Crippen molar-refractivity contribution < 1.29 is 18.9 Å². The van der Waals surface area contributed by atoms with E-state index in [2.05, 4.69) is 48.0 Å². The Kier molecular flexibility index (Phi) is 4.82. The summed E-state index contributed by atoms with van der Waals surface area (Å²) < 4.78 is 0. The Morgan fingerprint density at radius 2 is 1.07 bits per heavy atom. The molecule has 0 aromatic carbocycles. The molecule has 1 saturated carbocycles. The zero-order chi connectivity index (χ0) is 10.3. The van der Waals surface area contributed by atoms with Crippen LogP contribution < -0.4 is 18.9 Å². The Hall–Kier alpha value is 0.597. The maximum Gasteiger partial charge on any atom is 1.00 e. The van der Waals surface area contributed by atoms with Crippen LogP contribution in [0.4, 0.5) is 0 Å². The molecule has 2 atom stereocenters. The SMILES string of the molecule is CC(C)(C)C1[CH-]C(C(C)(C)C)CC1.[Li+]. The molecule has 0 nitrogen and oxygen atoms in total. The summed E-state index contributed by atoms with van der Waals surface area (Å²) in [5, 5.41) is 0. The minimum Gasteiger partial charge on any atom is -0.321 e. The van der Waals surface area contributed by atoms with Crippen LogP contribution in [-0.2, 0) is 0 Å². The van der Waals surface area contributed by atoms with E-state index in [1.54, 1.807) is 0 Å². The maximum absolute atomic E-state index is 2.61. The van der Waals surface area contributed by atoms with Gasteiger partial charge in [-0.3, -0.25) is 0 Å². The summed E-state index contributed by atoms with van der Waals surface area (Å²) in [6.07, 6.45) is 5.40. The molecule has 0 saturated heterocycles. The molecule has 1 rings (SSSR count). The molecule has 0 aliphatic heterocycles. The second-order valence-corrected chi connectivity index (χ2v) is 6.71. The molecule has 0 N–H and O–H groups in total. The topological polar surface area (TPSA) is 0 Å². The molecule has 0 heterocycles. The summed E-state index contributed by atoms with van der Waals surface area (Å²) in [6, 6.07) is 0. The minimum atomic E-state index is 0. The third-order valence-electron chi connectivity index (χ3n) is 3.48. The van der Waals surface area contributed by atoms with Crippen molar-refractivity contribution in [3.05, 3.63) is 6.42 Å². The van der Waals surface area contributed by atoms with Gasteiger partial charge in [-0.1, -0.05) is 65.2 Å². The van der Waals surface area contributed by atoms with Crippen LogP contribution in [0, 0.1) is 29.1 Å². The first-order chi connectivity index (χ1) is 5.71. The molecule has 0 spiro atoms. The van der Waals surface area contributed by atoms with Gasteiger partial charge in [0.1, 0.15) is 0 Å². The molecule has 0 aromatic heterocycles. The van der Waals surface area contributed by atoms with Gasteiger partial charge in [-0.05, 0) is 0 Å². The molecule has 0 aromatic rings. The zero-order valence-corrected chi connectivity index (χ0v) is 11.1. The van der Waals surface area contributed by atoms with Crippen LogP contribution in [0.25, 0.3) is 0 Å². The Balaban J connectivity index is 0.00000169. The van der Waals surface area contributed by atoms with E-state index in [0.29, 0.717) is 10.8 Å². The van der Waals surface area contributed by atoms with Gasteiger partial charge in [0.05, 0.1) is 0 Å². The predicted molar refractivity (Wildman–Crippen MR) is 59.4 cm³/mol. The van der Waals surface area contributed by atoms with Crippen molar-refractivity contribution >= 4 is 0 Å². The molecule has 78 valence electrons. The first-order valence-corrected chi connectivity index (χ1v) is 5.56. The standard InChI is InChI=1S/C13H25.Li/c1-12(2,3)10-7-8-11(9-10)13(4,5)6;/h9-11H,7-8H2,1-6H3;/q-1;+1. The van der Waals surface area contributed by atoms with Crippen molar-refractivity contribution in [3.63, 3.8) is 0 Å². The summed E-state index contributed by atoms with van der Waals surface area (Å²) >= 11 is 0. The van der Waals surface area contributed by atoms with Crippen LogP contribution in [-0.4, -0.2) is 0 Å². The van der Waals surface area contributed by atoms with Gasteiger partial charge in [0.25, 0.3) is 0 Å². The average molecular weight is 188 g/mol. The first kappa shape index (κ1) is 14.6. The second-order valence-electron chi connectivity index (χ2n) is 6.71. The molecule has 2 unspecified atom stereocenters. The summed E-state index contributed by atoms with van der Waals surface area (Å²) in [5.74, 6) is 1.66. The van der Waals surface area contributed by atoms with Crippen molar-refractivity contribution in [3.8, 4) is 0 Å². The first-order valence-electron chi connectivity index (χ1n) is 5.56. The summed E-state index contributed by atoms with van der Waals surface area (Å²) in [7, 11) is 0. The van der Waals surface area contributed by atoms with Crippen molar-refractivity contribution in [2.75, 3.05) is 0 Å². The fourth-order valence-electron chi connectivity index (χ4n) is 2.28. The summed E-state index contributed by atoms with van der Waals surface area (Å²) in [4.78, 5) is 0. The minimum absolute atomic E-state index is 0. The van der Waals surface area contributed by atoms with Gasteiger partial charge in [0.15, 0.2) is 0 Å². The van der Waals surface area contributed by atoms with E-state index in [9.17, 15) is 0 Å². The smallest absolute Gasteiger partial charge is 0.321 e. The van der Waals surface area contributed by atoms with Crippen LogP contribution in [0.2, 0.25) is 0 Å². The van der Waals surface area contributed by atoms with Crippen molar-refractivity contribution in [1.29, 1.82) is 0 Å². The molecule has 0 radical (unpaired) electrons. The van der Waals surface area contributed by atoms with Gasteiger partial charge in [-0.25, -0.2) is 0 Å². The third-order valence-corrected chi connectivity index (χ3v) is 3.48. The average Bonchev–Trinajstić information content (AvgIpc) is 2.28. The van der Waals surface area contributed by atoms with E-state index in [1.807, 2.05) is 0 Å². The maximum atomic E-state index is 2.61. The van der Waals surface area contributed by atoms with E-state index < -0.39 is 0 Å². The van der Waals surface area contributed by atoms with Crippen LogP contribution in [0.1, 0.15) is 54.4 Å². The molecular formula is C13H25Li. The van der Waals surface area contributed by atoms with Crippen molar-refractivity contribution in [2.45, 2.75) is 54.4 Å². The molecule has 1 aliphatic rings. The molecule has 1 aliphatic carbocycles. The van der Waals surface area contributed by atoms with E-state index in [1.165, 1.54) is 12.8 Å². The van der Waals surface area contributed by atoms with Crippen molar-refractivity contribution in [2.24, 2.45) is 22.7 Å². The van der Waals surface area contributed by atoms with E-state index in [4.69, 9.17) is 0 Å². The van der Waals surface area contributed by atoms with Crippen LogP contribution in [0.15, 0.2) is 0 Å². The number of hydrogen-bond acceptors (Lipinski definition) is 0. The monoisotopic (exact) mass is 188 g/mol. The van der Waals surface area contributed by atoms with E-state index >= 15 is 0 Å². The summed E-state index contributed by atoms with van der Waals surface area (Å²) in [5.41, 5.74) is 0.944. The van der Waals surface area contributed by atoms with Gasteiger partial charge in [0, 0.05) is 0 Å². The Labute approximate surface area is 102 Å². The third kappa shape index (κ3) is 3.63. The molecular weight excluding hydrogens is 163 g/mol. The zero-order valence-electron chi connectivity index (χ0n) is 11.1. The Bertz CT molecular complexity index is 151.